The number of amides is 1. The zero-order chi connectivity index (χ0) is 17.4. The van der Waals surface area contributed by atoms with E-state index in [4.69, 9.17) is 4.74 Å². The van der Waals surface area contributed by atoms with E-state index in [1.54, 1.807) is 0 Å². The standard InChI is InChI=1S/C19H26N2O3/c1-18(2,17(23)24-3)13-4-6-14(7-5-13)21-16(22)15-12-19(15)8-10-20-11-9-19/h4-7,15,20H,8-12H2,1-3H3,(H,21,22). The second kappa shape index (κ2) is 6.20. The first-order chi connectivity index (χ1) is 11.4. The third-order valence-corrected chi connectivity index (χ3v) is 5.68. The molecule has 1 saturated heterocycles. The molecule has 1 saturated carbocycles. The second-order valence-electron chi connectivity index (χ2n) is 7.55. The van der Waals surface area contributed by atoms with Crippen molar-refractivity contribution in [3.63, 3.8) is 0 Å². The lowest BCUT2D eigenvalue weighted by molar-refractivity contribution is -0.146. The van der Waals surface area contributed by atoms with Crippen molar-refractivity contribution in [1.29, 1.82) is 0 Å². The van der Waals surface area contributed by atoms with E-state index in [1.807, 2.05) is 38.1 Å². The molecule has 2 aliphatic rings. The first kappa shape index (κ1) is 17.0. The summed E-state index contributed by atoms with van der Waals surface area (Å²) in [6, 6.07) is 7.46. The van der Waals surface area contributed by atoms with Crippen LogP contribution in [0.4, 0.5) is 5.69 Å². The number of esters is 1. The Bertz CT molecular complexity index is 631. The number of methoxy groups -OCH3 is 1. The fraction of sp³-hybridized carbons (Fsp3) is 0.579. The summed E-state index contributed by atoms with van der Waals surface area (Å²) in [5.74, 6) is -0.00668. The molecule has 1 aromatic carbocycles. The van der Waals surface area contributed by atoms with Gasteiger partial charge in [-0.2, -0.15) is 0 Å². The number of piperidine rings is 1. The first-order valence-electron chi connectivity index (χ1n) is 8.60. The van der Waals surface area contributed by atoms with Gasteiger partial charge in [0.1, 0.15) is 0 Å². The van der Waals surface area contributed by atoms with Crippen LogP contribution in [-0.2, 0) is 19.7 Å². The Kier molecular flexibility index (Phi) is 4.38. The molecule has 2 N–H and O–H groups in total. The predicted molar refractivity (Wildman–Crippen MR) is 92.8 cm³/mol. The highest BCUT2D eigenvalue weighted by Gasteiger charge is 2.57. The van der Waals surface area contributed by atoms with Gasteiger partial charge in [0.25, 0.3) is 0 Å². The lowest BCUT2D eigenvalue weighted by Gasteiger charge is -2.23. The van der Waals surface area contributed by atoms with E-state index in [0.717, 1.165) is 43.6 Å². The summed E-state index contributed by atoms with van der Waals surface area (Å²) in [6.07, 6.45) is 3.20. The smallest absolute Gasteiger partial charge is 0.315 e. The molecule has 24 heavy (non-hydrogen) atoms. The molecule has 0 radical (unpaired) electrons. The van der Waals surface area contributed by atoms with Crippen LogP contribution in [-0.4, -0.2) is 32.1 Å². The Morgan fingerprint density at radius 1 is 1.21 bits per heavy atom. The number of carbonyl (C=O) groups excluding carboxylic acids is 2. The van der Waals surface area contributed by atoms with Crippen LogP contribution in [0.3, 0.4) is 0 Å². The first-order valence-corrected chi connectivity index (χ1v) is 8.60. The van der Waals surface area contributed by atoms with E-state index in [9.17, 15) is 9.59 Å². The van der Waals surface area contributed by atoms with Crippen LogP contribution in [0, 0.1) is 11.3 Å². The molecule has 1 unspecified atom stereocenters. The van der Waals surface area contributed by atoms with Gasteiger partial charge in [0.15, 0.2) is 0 Å². The minimum absolute atomic E-state index is 0.122. The number of hydrogen-bond donors (Lipinski definition) is 2. The minimum atomic E-state index is -0.701. The predicted octanol–water partition coefficient (Wildman–Crippen LogP) is 2.47. The van der Waals surface area contributed by atoms with E-state index in [2.05, 4.69) is 10.6 Å². The Hall–Kier alpha value is -1.88. The summed E-state index contributed by atoms with van der Waals surface area (Å²) in [5.41, 5.74) is 1.18. The quantitative estimate of drug-likeness (QED) is 0.832. The van der Waals surface area contributed by atoms with Gasteiger partial charge in [-0.15, -0.1) is 0 Å². The van der Waals surface area contributed by atoms with Crippen molar-refractivity contribution < 1.29 is 14.3 Å². The zero-order valence-electron chi connectivity index (χ0n) is 14.6. The highest BCUT2D eigenvalue weighted by atomic mass is 16.5. The molecule has 1 aromatic rings. The molecule has 0 aromatic heterocycles. The second-order valence-corrected chi connectivity index (χ2v) is 7.55. The number of anilines is 1. The molecule has 1 amide bonds. The third-order valence-electron chi connectivity index (χ3n) is 5.68. The van der Waals surface area contributed by atoms with Gasteiger partial charge < -0.3 is 15.4 Å². The number of rotatable bonds is 4. The van der Waals surface area contributed by atoms with Crippen molar-refractivity contribution >= 4 is 17.6 Å². The van der Waals surface area contributed by atoms with Crippen molar-refractivity contribution in [2.45, 2.75) is 38.5 Å². The normalized spacial score (nSPS) is 22.0. The average molecular weight is 330 g/mol. The lowest BCUT2D eigenvalue weighted by Crippen LogP contribution is -2.31. The fourth-order valence-corrected chi connectivity index (χ4v) is 3.77. The fourth-order valence-electron chi connectivity index (χ4n) is 3.77. The largest absolute Gasteiger partial charge is 0.468 e. The molecular weight excluding hydrogens is 304 g/mol. The van der Waals surface area contributed by atoms with Crippen LogP contribution in [0.2, 0.25) is 0 Å². The van der Waals surface area contributed by atoms with Gasteiger partial charge in [0.2, 0.25) is 5.91 Å². The van der Waals surface area contributed by atoms with Gasteiger partial charge in [0.05, 0.1) is 12.5 Å². The van der Waals surface area contributed by atoms with Crippen molar-refractivity contribution in [2.75, 3.05) is 25.5 Å². The minimum Gasteiger partial charge on any atom is -0.468 e. The topological polar surface area (TPSA) is 67.4 Å². The van der Waals surface area contributed by atoms with Crippen LogP contribution in [0.1, 0.15) is 38.7 Å². The van der Waals surface area contributed by atoms with Crippen LogP contribution < -0.4 is 10.6 Å². The maximum atomic E-state index is 12.5. The molecule has 1 spiro atoms. The maximum absolute atomic E-state index is 12.5. The van der Waals surface area contributed by atoms with Gasteiger partial charge in [-0.25, -0.2) is 0 Å². The van der Waals surface area contributed by atoms with E-state index < -0.39 is 5.41 Å². The number of ether oxygens (including phenoxy) is 1. The van der Waals surface area contributed by atoms with Gasteiger partial charge in [-0.05, 0) is 69.3 Å². The average Bonchev–Trinajstić information content (AvgIpc) is 3.28. The Labute approximate surface area is 143 Å². The van der Waals surface area contributed by atoms with Crippen molar-refractivity contribution in [2.24, 2.45) is 11.3 Å². The van der Waals surface area contributed by atoms with E-state index in [0.29, 0.717) is 0 Å². The monoisotopic (exact) mass is 330 g/mol. The molecule has 5 heteroatoms. The molecule has 1 aliphatic carbocycles. The Morgan fingerprint density at radius 3 is 2.42 bits per heavy atom. The maximum Gasteiger partial charge on any atom is 0.315 e. The number of benzene rings is 1. The third kappa shape index (κ3) is 3.05. The van der Waals surface area contributed by atoms with Gasteiger partial charge >= 0.3 is 5.97 Å². The summed E-state index contributed by atoms with van der Waals surface area (Å²) in [4.78, 5) is 24.3. The summed E-state index contributed by atoms with van der Waals surface area (Å²) in [7, 11) is 1.39. The molecule has 5 nitrogen and oxygen atoms in total. The van der Waals surface area contributed by atoms with Crippen molar-refractivity contribution in [3.05, 3.63) is 29.8 Å². The molecule has 0 bridgehead atoms. The van der Waals surface area contributed by atoms with E-state index in [1.165, 1.54) is 7.11 Å². The summed E-state index contributed by atoms with van der Waals surface area (Å²) in [6.45, 7) is 5.69. The summed E-state index contributed by atoms with van der Waals surface area (Å²) in [5, 5.41) is 6.38. The molecule has 1 heterocycles. The number of hydrogen-bond acceptors (Lipinski definition) is 4. The molecule has 2 fully saturated rings. The van der Waals surface area contributed by atoms with Crippen molar-refractivity contribution in [1.82, 2.24) is 5.32 Å². The highest BCUT2D eigenvalue weighted by molar-refractivity contribution is 5.95. The van der Waals surface area contributed by atoms with Gasteiger partial charge in [-0.3, -0.25) is 9.59 Å². The lowest BCUT2D eigenvalue weighted by atomic mass is 9.85. The van der Waals surface area contributed by atoms with Crippen molar-refractivity contribution in [3.8, 4) is 0 Å². The molecular formula is C19H26N2O3. The summed E-state index contributed by atoms with van der Waals surface area (Å²) < 4.78 is 4.85. The molecule has 130 valence electrons. The number of nitrogens with one attached hydrogen (secondary N) is 2. The van der Waals surface area contributed by atoms with E-state index in [-0.39, 0.29) is 23.2 Å². The SMILES string of the molecule is COC(=O)C(C)(C)c1ccc(NC(=O)C2CC23CCNCC3)cc1. The molecule has 1 aliphatic heterocycles. The van der Waals surface area contributed by atoms with Crippen LogP contribution >= 0.6 is 0 Å². The van der Waals surface area contributed by atoms with E-state index >= 15 is 0 Å². The Balaban J connectivity index is 1.63. The zero-order valence-corrected chi connectivity index (χ0v) is 14.6. The number of carbonyl (C=O) groups is 2. The summed E-state index contributed by atoms with van der Waals surface area (Å²) >= 11 is 0. The van der Waals surface area contributed by atoms with Gasteiger partial charge in [0, 0.05) is 11.6 Å². The van der Waals surface area contributed by atoms with Crippen LogP contribution in [0.5, 0.6) is 0 Å². The molecule has 3 rings (SSSR count). The highest BCUT2D eigenvalue weighted by Crippen LogP contribution is 2.58. The van der Waals surface area contributed by atoms with Crippen LogP contribution in [0.25, 0.3) is 0 Å². The Morgan fingerprint density at radius 2 is 1.83 bits per heavy atom. The van der Waals surface area contributed by atoms with Crippen LogP contribution in [0.15, 0.2) is 24.3 Å². The van der Waals surface area contributed by atoms with Gasteiger partial charge in [-0.1, -0.05) is 12.1 Å². The molecule has 1 atom stereocenters.